The summed E-state index contributed by atoms with van der Waals surface area (Å²) in [6, 6.07) is 21.1. The van der Waals surface area contributed by atoms with Gasteiger partial charge in [-0.15, -0.1) is 0 Å². The average molecular weight is 283 g/mol. The maximum absolute atomic E-state index is 8.89. The van der Waals surface area contributed by atoms with E-state index in [2.05, 4.69) is 67.2 Å². The second kappa shape index (κ2) is 9.50. The molecule has 0 spiro atoms. The van der Waals surface area contributed by atoms with E-state index in [0.717, 1.165) is 20.0 Å². The van der Waals surface area contributed by atoms with Crippen LogP contribution >= 0.6 is 0 Å². The summed E-state index contributed by atoms with van der Waals surface area (Å²) in [6.45, 7) is 6.76. The quantitative estimate of drug-likeness (QED) is 0.842. The molecule has 0 aliphatic heterocycles. The molecule has 2 rings (SSSR count). The van der Waals surface area contributed by atoms with Crippen LogP contribution in [0.2, 0.25) is 0 Å². The van der Waals surface area contributed by atoms with Crippen molar-refractivity contribution in [1.82, 2.24) is 0 Å². The highest BCUT2D eigenvalue weighted by molar-refractivity contribution is 5.60. The van der Waals surface area contributed by atoms with Crippen molar-refractivity contribution in [3.8, 4) is 0 Å². The number of benzene rings is 2. The van der Waals surface area contributed by atoms with Crippen molar-refractivity contribution in [2.45, 2.75) is 13.5 Å². The van der Waals surface area contributed by atoms with Gasteiger partial charge < -0.3 is 9.90 Å². The van der Waals surface area contributed by atoms with Crippen molar-refractivity contribution in [2.75, 3.05) is 6.54 Å². The number of hydrogen-bond acceptors (Lipinski definition) is 2. The van der Waals surface area contributed by atoms with Gasteiger partial charge in [-0.1, -0.05) is 55.1 Å². The maximum atomic E-state index is 8.89. The van der Waals surface area contributed by atoms with Crippen LogP contribution in [0.4, 0.5) is 5.69 Å². The van der Waals surface area contributed by atoms with Crippen LogP contribution in [-0.4, -0.2) is 12.5 Å². The molecule has 0 aliphatic rings. The Labute approximate surface area is 126 Å². The Kier molecular flexibility index (Phi) is 7.54. The molecule has 0 fully saturated rings. The second-order valence-corrected chi connectivity index (χ2v) is 4.62. The van der Waals surface area contributed by atoms with Crippen molar-refractivity contribution in [3.63, 3.8) is 0 Å². The first-order chi connectivity index (χ1) is 10.1. The Morgan fingerprint density at radius 3 is 2.05 bits per heavy atom. The highest BCUT2D eigenvalue weighted by Gasteiger charge is 2.10. The van der Waals surface area contributed by atoms with Gasteiger partial charge in [-0.2, -0.15) is 0 Å². The molecule has 0 amide bonds. The lowest BCUT2D eigenvalue weighted by Gasteiger charge is -2.17. The van der Waals surface area contributed by atoms with Gasteiger partial charge in [0.05, 0.1) is 0 Å². The predicted molar refractivity (Wildman–Crippen MR) is 83.0 cm³/mol. The fourth-order valence-corrected chi connectivity index (χ4v) is 1.98. The summed E-state index contributed by atoms with van der Waals surface area (Å²) >= 11 is 0. The first-order valence-electron chi connectivity index (χ1n) is 6.86. The molecule has 1 N–H and O–H groups in total. The van der Waals surface area contributed by atoms with Crippen molar-refractivity contribution >= 4 is 11.7 Å². The summed E-state index contributed by atoms with van der Waals surface area (Å²) in [7, 11) is 0. The zero-order chi connectivity index (χ0) is 15.5. The van der Waals surface area contributed by atoms with Crippen molar-refractivity contribution < 1.29 is 14.8 Å². The van der Waals surface area contributed by atoms with Crippen LogP contribution < -0.4 is 10.0 Å². The summed E-state index contributed by atoms with van der Waals surface area (Å²) in [6.07, 6.45) is 1.98. The van der Waals surface area contributed by atoms with Gasteiger partial charge in [0.2, 0.25) is 0 Å². The topological polar surface area (TPSA) is 44.6 Å². The van der Waals surface area contributed by atoms with E-state index >= 15 is 0 Å². The Balaban J connectivity index is 0.000000491. The summed E-state index contributed by atoms with van der Waals surface area (Å²) in [5.74, 6) is -1.08. The number of carbonyl (C=O) groups is 1. The van der Waals surface area contributed by atoms with Gasteiger partial charge in [0, 0.05) is 11.5 Å². The largest absolute Gasteiger partial charge is 0.550 e. The molecule has 21 heavy (non-hydrogen) atoms. The molecule has 0 aromatic heterocycles. The maximum Gasteiger partial charge on any atom is 0.131 e. The average Bonchev–Trinajstić information content (AvgIpc) is 2.48. The van der Waals surface area contributed by atoms with Gasteiger partial charge in [0.15, 0.2) is 0 Å². The van der Waals surface area contributed by atoms with Crippen molar-refractivity contribution in [2.24, 2.45) is 0 Å². The summed E-state index contributed by atoms with van der Waals surface area (Å²) < 4.78 is 0. The summed E-state index contributed by atoms with van der Waals surface area (Å²) in [4.78, 5) is 10.3. The standard InChI is InChI=1S/C16H17N.C2H4O2/c1-2-13-17(16-11-7-4-8-12-16)14-15-9-5-3-6-10-15;1-2(3)4/h2-12H,1,13-14H2;1H3,(H,3,4). The van der Waals surface area contributed by atoms with Crippen LogP contribution in [0.1, 0.15) is 12.5 Å². The molecule has 0 radical (unpaired) electrons. The third kappa shape index (κ3) is 7.09. The molecule has 1 unspecified atom stereocenters. The molecule has 2 aromatic rings. The van der Waals surface area contributed by atoms with E-state index in [0.29, 0.717) is 0 Å². The first-order valence-corrected chi connectivity index (χ1v) is 6.86. The van der Waals surface area contributed by atoms with E-state index in [4.69, 9.17) is 9.90 Å². The minimum Gasteiger partial charge on any atom is -0.550 e. The van der Waals surface area contributed by atoms with E-state index in [1.807, 2.05) is 6.08 Å². The van der Waals surface area contributed by atoms with E-state index in [9.17, 15) is 0 Å². The number of quaternary nitrogens is 1. The van der Waals surface area contributed by atoms with Gasteiger partial charge in [-0.3, -0.25) is 4.90 Å². The molecular formula is C18H21NO2. The molecule has 0 saturated carbocycles. The van der Waals surface area contributed by atoms with Gasteiger partial charge in [-0.05, 0) is 25.1 Å². The minimum atomic E-state index is -1.08. The normalized spacial score (nSPS) is 10.9. The smallest absolute Gasteiger partial charge is 0.131 e. The van der Waals surface area contributed by atoms with Crippen LogP contribution in [0.25, 0.3) is 0 Å². The van der Waals surface area contributed by atoms with Crippen molar-refractivity contribution in [1.29, 1.82) is 0 Å². The van der Waals surface area contributed by atoms with Crippen LogP contribution in [-0.2, 0) is 11.3 Å². The van der Waals surface area contributed by atoms with Gasteiger partial charge in [0.1, 0.15) is 18.8 Å². The highest BCUT2D eigenvalue weighted by atomic mass is 16.4. The number of carbonyl (C=O) groups excluding carboxylic acids is 1. The van der Waals surface area contributed by atoms with Crippen LogP contribution in [0.15, 0.2) is 73.3 Å². The first kappa shape index (κ1) is 16.7. The third-order valence-electron chi connectivity index (χ3n) is 2.83. The lowest BCUT2D eigenvalue weighted by Crippen LogP contribution is -3.05. The number of carboxylic acid groups (broad SMARTS) is 1. The fourth-order valence-electron chi connectivity index (χ4n) is 1.98. The second-order valence-electron chi connectivity index (χ2n) is 4.62. The number of carboxylic acids is 1. The molecule has 3 heteroatoms. The molecule has 0 bridgehead atoms. The van der Waals surface area contributed by atoms with Crippen LogP contribution in [0, 0.1) is 0 Å². The fraction of sp³-hybridized carbons (Fsp3) is 0.167. The Morgan fingerprint density at radius 1 is 1.10 bits per heavy atom. The van der Waals surface area contributed by atoms with Gasteiger partial charge >= 0.3 is 0 Å². The monoisotopic (exact) mass is 283 g/mol. The number of hydrogen-bond donors (Lipinski definition) is 1. The third-order valence-corrected chi connectivity index (χ3v) is 2.83. The zero-order valence-electron chi connectivity index (χ0n) is 12.3. The molecule has 1 atom stereocenters. The molecule has 2 aromatic carbocycles. The van der Waals surface area contributed by atoms with E-state index in [1.165, 1.54) is 16.2 Å². The Morgan fingerprint density at radius 2 is 1.57 bits per heavy atom. The minimum absolute atomic E-state index is 0.943. The zero-order valence-corrected chi connectivity index (χ0v) is 12.3. The molecule has 0 heterocycles. The number of rotatable bonds is 5. The molecule has 3 nitrogen and oxygen atoms in total. The lowest BCUT2D eigenvalue weighted by atomic mass is 10.2. The lowest BCUT2D eigenvalue weighted by molar-refractivity contribution is -0.840. The van der Waals surface area contributed by atoms with E-state index in [-0.39, 0.29) is 0 Å². The summed E-state index contributed by atoms with van der Waals surface area (Å²) in [5, 5.41) is 8.89. The molecule has 110 valence electrons. The van der Waals surface area contributed by atoms with Crippen molar-refractivity contribution in [3.05, 3.63) is 78.9 Å². The molecule has 0 saturated heterocycles. The van der Waals surface area contributed by atoms with E-state index in [1.54, 1.807) is 0 Å². The number of para-hydroxylation sites is 1. The number of nitrogens with one attached hydrogen (secondary N) is 1. The number of aliphatic carboxylic acids is 1. The Bertz CT molecular complexity index is 534. The van der Waals surface area contributed by atoms with E-state index < -0.39 is 5.97 Å². The molecule has 0 aliphatic carbocycles. The highest BCUT2D eigenvalue weighted by Crippen LogP contribution is 2.02. The molecular weight excluding hydrogens is 262 g/mol. The predicted octanol–water partition coefficient (Wildman–Crippen LogP) is 1.35. The van der Waals surface area contributed by atoms with Gasteiger partial charge in [-0.25, -0.2) is 0 Å². The summed E-state index contributed by atoms with van der Waals surface area (Å²) in [5.41, 5.74) is 2.67. The SMILES string of the molecule is C=CC[NH+](Cc1ccccc1)c1ccccc1.CC(=O)[O-]. The van der Waals surface area contributed by atoms with Crippen LogP contribution in [0.5, 0.6) is 0 Å². The van der Waals surface area contributed by atoms with Gasteiger partial charge in [0.25, 0.3) is 0 Å². The Hall–Kier alpha value is -2.39. The van der Waals surface area contributed by atoms with Crippen LogP contribution in [0.3, 0.4) is 0 Å².